The number of hydrogen-bond donors (Lipinski definition) is 1. The summed E-state index contributed by atoms with van der Waals surface area (Å²) >= 11 is 2.74. The van der Waals surface area contributed by atoms with Gasteiger partial charge in [0, 0.05) is 5.75 Å². The Labute approximate surface area is 240 Å². The highest BCUT2D eigenvalue weighted by Crippen LogP contribution is 2.44. The van der Waals surface area contributed by atoms with Crippen molar-refractivity contribution < 1.29 is 23.8 Å². The van der Waals surface area contributed by atoms with Crippen LogP contribution in [0, 0.1) is 12.8 Å². The molecular formula is C30H29N3O5S2. The quantitative estimate of drug-likeness (QED) is 0.116. The molecule has 1 aliphatic rings. The summed E-state index contributed by atoms with van der Waals surface area (Å²) in [5.74, 6) is -0.135. The van der Waals surface area contributed by atoms with E-state index in [0.29, 0.717) is 33.9 Å². The minimum Gasteiger partial charge on any atom is -0.503 e. The van der Waals surface area contributed by atoms with E-state index in [1.807, 2.05) is 13.0 Å². The number of aliphatic hydroxyl groups excluding tert-OH is 1. The highest BCUT2D eigenvalue weighted by atomic mass is 32.2. The Bertz CT molecular complexity index is 1530. The van der Waals surface area contributed by atoms with Crippen molar-refractivity contribution in [3.8, 4) is 5.75 Å². The van der Waals surface area contributed by atoms with Crippen molar-refractivity contribution in [3.05, 3.63) is 101 Å². The molecule has 0 bridgehead atoms. The second-order valence-electron chi connectivity index (χ2n) is 9.87. The first kappa shape index (κ1) is 27.7. The summed E-state index contributed by atoms with van der Waals surface area (Å²) in [5, 5.41) is 19.8. The fourth-order valence-corrected chi connectivity index (χ4v) is 6.09. The molecule has 10 heteroatoms. The Morgan fingerprint density at radius 3 is 2.67 bits per heavy atom. The Morgan fingerprint density at radius 2 is 1.95 bits per heavy atom. The fourth-order valence-electron chi connectivity index (χ4n) is 4.26. The number of Topliss-reactive ketones (excluding diaryl/α,β-unsaturated/α-hetero) is 1. The largest absolute Gasteiger partial charge is 0.503 e. The van der Waals surface area contributed by atoms with Crippen LogP contribution in [0.15, 0.2) is 87.0 Å². The molecule has 1 aliphatic heterocycles. The Morgan fingerprint density at radius 1 is 1.15 bits per heavy atom. The maximum Gasteiger partial charge on any atom is 0.296 e. The summed E-state index contributed by atoms with van der Waals surface area (Å²) in [6, 6.07) is 17.6. The van der Waals surface area contributed by atoms with Gasteiger partial charge in [0.15, 0.2) is 15.9 Å². The fraction of sp³-hybridized carbons (Fsp3) is 0.267. The monoisotopic (exact) mass is 575 g/mol. The van der Waals surface area contributed by atoms with Crippen LogP contribution >= 0.6 is 23.1 Å². The number of hydrogen-bond acceptors (Lipinski definition) is 9. The van der Waals surface area contributed by atoms with Crippen LogP contribution in [0.5, 0.6) is 5.75 Å². The lowest BCUT2D eigenvalue weighted by Crippen LogP contribution is -2.31. The van der Waals surface area contributed by atoms with E-state index >= 15 is 0 Å². The van der Waals surface area contributed by atoms with Crippen LogP contribution < -0.4 is 9.64 Å². The van der Waals surface area contributed by atoms with E-state index in [1.165, 1.54) is 45.9 Å². The van der Waals surface area contributed by atoms with Crippen LogP contribution in [0.1, 0.15) is 53.6 Å². The van der Waals surface area contributed by atoms with Gasteiger partial charge in [-0.05, 0) is 54.7 Å². The van der Waals surface area contributed by atoms with Gasteiger partial charge in [0.05, 0.1) is 24.5 Å². The predicted octanol–water partition coefficient (Wildman–Crippen LogP) is 6.94. The van der Waals surface area contributed by atoms with Crippen molar-refractivity contribution in [2.24, 2.45) is 5.92 Å². The molecule has 1 amide bonds. The highest BCUT2D eigenvalue weighted by molar-refractivity contribution is 8.00. The molecule has 206 valence electrons. The maximum absolute atomic E-state index is 13.5. The molecule has 0 radical (unpaired) electrons. The first-order chi connectivity index (χ1) is 19.3. The number of furan rings is 1. The lowest BCUT2D eigenvalue weighted by Gasteiger charge is -2.24. The summed E-state index contributed by atoms with van der Waals surface area (Å²) in [7, 11) is 0. The standard InChI is InChI=1S/C30H29N3O5S2/c1-18(2)13-15-37-22-7-4-6-21(16-22)25-24(26(34)23-8-5-14-38-23)27(35)28(36)33(25)29-31-32-30(40-29)39-17-20-11-9-19(3)10-12-20/h4-12,14,16,18,25,35H,13,15,17H2,1-3H3. The van der Waals surface area contributed by atoms with Crippen molar-refractivity contribution in [3.63, 3.8) is 0 Å². The zero-order valence-corrected chi connectivity index (χ0v) is 24.0. The van der Waals surface area contributed by atoms with Crippen molar-refractivity contribution >= 4 is 39.9 Å². The number of amides is 1. The van der Waals surface area contributed by atoms with Gasteiger partial charge in [0.2, 0.25) is 10.9 Å². The lowest BCUT2D eigenvalue weighted by atomic mass is 9.95. The van der Waals surface area contributed by atoms with Crippen molar-refractivity contribution in [1.29, 1.82) is 0 Å². The van der Waals surface area contributed by atoms with Crippen molar-refractivity contribution in [1.82, 2.24) is 10.2 Å². The van der Waals surface area contributed by atoms with Crippen LogP contribution in [0.3, 0.4) is 0 Å². The van der Waals surface area contributed by atoms with E-state index < -0.39 is 23.5 Å². The summed E-state index contributed by atoms with van der Waals surface area (Å²) in [6.07, 6.45) is 2.26. The van der Waals surface area contributed by atoms with Gasteiger partial charge in [0.1, 0.15) is 5.75 Å². The van der Waals surface area contributed by atoms with E-state index in [4.69, 9.17) is 9.15 Å². The summed E-state index contributed by atoms with van der Waals surface area (Å²) in [4.78, 5) is 28.3. The number of carbonyl (C=O) groups is 2. The molecule has 3 heterocycles. The molecule has 8 nitrogen and oxygen atoms in total. The Kier molecular flexibility index (Phi) is 8.37. The number of ether oxygens (including phenoxy) is 1. The van der Waals surface area contributed by atoms with Gasteiger partial charge >= 0.3 is 0 Å². The van der Waals surface area contributed by atoms with Crippen molar-refractivity contribution in [2.45, 2.75) is 43.3 Å². The molecule has 2 aromatic carbocycles. The van der Waals surface area contributed by atoms with E-state index in [0.717, 1.165) is 12.0 Å². The maximum atomic E-state index is 13.5. The number of anilines is 1. The molecule has 5 rings (SSSR count). The molecule has 0 spiro atoms. The van der Waals surface area contributed by atoms with Gasteiger partial charge in [-0.3, -0.25) is 14.5 Å². The average molecular weight is 576 g/mol. The SMILES string of the molecule is Cc1ccc(CSc2nnc(N3C(=O)C(O)=C(C(=O)c4ccco4)C3c3cccc(OCCC(C)C)c3)s2)cc1. The van der Waals surface area contributed by atoms with Gasteiger partial charge in [-0.2, -0.15) is 0 Å². The van der Waals surface area contributed by atoms with Crippen LogP contribution in [-0.2, 0) is 10.5 Å². The molecule has 0 fully saturated rings. The van der Waals surface area contributed by atoms with Crippen LogP contribution in [-0.4, -0.2) is 33.6 Å². The average Bonchev–Trinajstić information content (AvgIpc) is 3.69. The molecule has 0 saturated heterocycles. The molecule has 40 heavy (non-hydrogen) atoms. The predicted molar refractivity (Wildman–Crippen MR) is 155 cm³/mol. The number of nitrogens with zero attached hydrogens (tertiary/aromatic N) is 3. The summed E-state index contributed by atoms with van der Waals surface area (Å²) < 4.78 is 11.9. The van der Waals surface area contributed by atoms with Gasteiger partial charge in [-0.25, -0.2) is 0 Å². The topological polar surface area (TPSA) is 106 Å². The summed E-state index contributed by atoms with van der Waals surface area (Å²) in [6.45, 7) is 6.82. The zero-order valence-electron chi connectivity index (χ0n) is 22.4. The number of rotatable bonds is 11. The molecule has 1 atom stereocenters. The number of aryl methyl sites for hydroxylation is 1. The van der Waals surface area contributed by atoms with Crippen LogP contribution in [0.2, 0.25) is 0 Å². The molecule has 1 unspecified atom stereocenters. The van der Waals surface area contributed by atoms with Crippen molar-refractivity contribution in [2.75, 3.05) is 11.5 Å². The number of aromatic nitrogens is 2. The molecule has 2 aromatic heterocycles. The number of ketones is 1. The third-order valence-electron chi connectivity index (χ3n) is 6.42. The van der Waals surface area contributed by atoms with E-state index in [-0.39, 0.29) is 16.5 Å². The van der Waals surface area contributed by atoms with Crippen LogP contribution in [0.25, 0.3) is 0 Å². The van der Waals surface area contributed by atoms with E-state index in [2.05, 4.69) is 48.3 Å². The second-order valence-corrected chi connectivity index (χ2v) is 12.1. The number of aliphatic hydroxyl groups is 1. The minimum absolute atomic E-state index is 0.0251. The number of carbonyl (C=O) groups excluding carboxylic acids is 2. The smallest absolute Gasteiger partial charge is 0.296 e. The van der Waals surface area contributed by atoms with Gasteiger partial charge in [0.25, 0.3) is 5.91 Å². The molecule has 1 N–H and O–H groups in total. The Balaban J connectivity index is 1.47. The number of thioether (sulfide) groups is 1. The summed E-state index contributed by atoms with van der Waals surface area (Å²) in [5.41, 5.74) is 2.84. The van der Waals surface area contributed by atoms with Crippen LogP contribution in [0.4, 0.5) is 5.13 Å². The second kappa shape index (κ2) is 12.1. The lowest BCUT2D eigenvalue weighted by molar-refractivity contribution is -0.117. The van der Waals surface area contributed by atoms with E-state index in [9.17, 15) is 14.7 Å². The third kappa shape index (κ3) is 5.97. The third-order valence-corrected chi connectivity index (χ3v) is 8.55. The molecule has 0 saturated carbocycles. The normalized spacial score (nSPS) is 15.3. The van der Waals surface area contributed by atoms with Gasteiger partial charge < -0.3 is 14.3 Å². The molecular weight excluding hydrogens is 546 g/mol. The van der Waals surface area contributed by atoms with E-state index in [1.54, 1.807) is 24.3 Å². The zero-order chi connectivity index (χ0) is 28.2. The minimum atomic E-state index is -0.943. The van der Waals surface area contributed by atoms with Gasteiger partial charge in [-0.1, -0.05) is 78.9 Å². The Hall–Kier alpha value is -3.89. The molecule has 0 aliphatic carbocycles. The first-order valence-corrected chi connectivity index (χ1v) is 14.7. The molecule has 4 aromatic rings. The number of benzene rings is 2. The van der Waals surface area contributed by atoms with Gasteiger partial charge in [-0.15, -0.1) is 10.2 Å². The highest BCUT2D eigenvalue weighted by Gasteiger charge is 2.46. The first-order valence-electron chi connectivity index (χ1n) is 12.9.